The second-order valence-corrected chi connectivity index (χ2v) is 5.30. The van der Waals surface area contributed by atoms with Gasteiger partial charge in [0.1, 0.15) is 0 Å². The van der Waals surface area contributed by atoms with Gasteiger partial charge in [-0.3, -0.25) is 4.55 Å². The molecule has 4 nitrogen and oxygen atoms in total. The molecule has 1 rings (SSSR count). The summed E-state index contributed by atoms with van der Waals surface area (Å²) >= 11 is 0. The monoisotopic (exact) mass is 243 g/mol. The number of hydrogen-bond donors (Lipinski definition) is 2. The maximum absolute atomic E-state index is 10.5. The summed E-state index contributed by atoms with van der Waals surface area (Å²) in [4.78, 5) is 0. The summed E-state index contributed by atoms with van der Waals surface area (Å²) in [6.45, 7) is 2.58. The van der Waals surface area contributed by atoms with Crippen molar-refractivity contribution in [3.8, 4) is 0 Å². The lowest BCUT2D eigenvalue weighted by Crippen LogP contribution is -2.21. The summed E-state index contributed by atoms with van der Waals surface area (Å²) in [5, 5.41) is 3.20. The minimum Gasteiger partial charge on any atom is -0.310 e. The second-order valence-electron chi connectivity index (χ2n) is 3.73. The fourth-order valence-electron chi connectivity index (χ4n) is 1.43. The standard InChI is InChI=1S/C11H17NO3S/c1-10(11-6-3-2-4-7-11)12-8-5-9-16(13,14)15/h2-4,6-7,10,12H,5,8-9H2,1H3,(H,13,14,15)/t10-/m0/s1. The van der Waals surface area contributed by atoms with Crippen molar-refractivity contribution < 1.29 is 13.0 Å². The van der Waals surface area contributed by atoms with Crippen LogP contribution >= 0.6 is 0 Å². The van der Waals surface area contributed by atoms with Crippen molar-refractivity contribution in [2.75, 3.05) is 12.3 Å². The van der Waals surface area contributed by atoms with Crippen molar-refractivity contribution in [2.24, 2.45) is 0 Å². The molecule has 0 radical (unpaired) electrons. The summed E-state index contributed by atoms with van der Waals surface area (Å²) < 4.78 is 29.5. The summed E-state index contributed by atoms with van der Waals surface area (Å²) in [5.41, 5.74) is 1.16. The molecule has 0 heterocycles. The maximum Gasteiger partial charge on any atom is 0.264 e. The van der Waals surface area contributed by atoms with Crippen molar-refractivity contribution >= 4 is 10.1 Å². The van der Waals surface area contributed by atoms with Crippen LogP contribution < -0.4 is 5.32 Å². The van der Waals surface area contributed by atoms with Crippen LogP contribution in [-0.2, 0) is 10.1 Å². The largest absolute Gasteiger partial charge is 0.310 e. The van der Waals surface area contributed by atoms with Crippen LogP contribution in [0, 0.1) is 0 Å². The highest BCUT2D eigenvalue weighted by Crippen LogP contribution is 2.10. The highest BCUT2D eigenvalue weighted by molar-refractivity contribution is 7.85. The van der Waals surface area contributed by atoms with E-state index in [1.54, 1.807) is 0 Å². The van der Waals surface area contributed by atoms with Crippen molar-refractivity contribution in [1.82, 2.24) is 5.32 Å². The molecule has 90 valence electrons. The Balaban J connectivity index is 2.29. The zero-order valence-electron chi connectivity index (χ0n) is 9.26. The molecule has 0 aromatic heterocycles. The fourth-order valence-corrected chi connectivity index (χ4v) is 1.94. The third-order valence-electron chi connectivity index (χ3n) is 2.33. The average molecular weight is 243 g/mol. The van der Waals surface area contributed by atoms with Gasteiger partial charge in [-0.15, -0.1) is 0 Å². The van der Waals surface area contributed by atoms with Gasteiger partial charge < -0.3 is 5.32 Å². The number of rotatable bonds is 6. The van der Waals surface area contributed by atoms with Crippen LogP contribution in [0.3, 0.4) is 0 Å². The van der Waals surface area contributed by atoms with Gasteiger partial charge in [0.2, 0.25) is 0 Å². The molecule has 0 bridgehead atoms. The van der Waals surface area contributed by atoms with Gasteiger partial charge in [-0.2, -0.15) is 8.42 Å². The Morgan fingerprint density at radius 3 is 2.50 bits per heavy atom. The Bertz CT molecular complexity index is 402. The molecule has 0 fully saturated rings. The van der Waals surface area contributed by atoms with Crippen molar-refractivity contribution in [3.05, 3.63) is 35.9 Å². The molecule has 0 aliphatic carbocycles. The van der Waals surface area contributed by atoms with E-state index in [0.29, 0.717) is 13.0 Å². The van der Waals surface area contributed by atoms with E-state index in [-0.39, 0.29) is 11.8 Å². The van der Waals surface area contributed by atoms with Gasteiger partial charge in [-0.25, -0.2) is 0 Å². The lowest BCUT2D eigenvalue weighted by atomic mass is 10.1. The first kappa shape index (κ1) is 13.2. The molecule has 1 aromatic rings. The van der Waals surface area contributed by atoms with Gasteiger partial charge in [-0.1, -0.05) is 30.3 Å². The van der Waals surface area contributed by atoms with Crippen LogP contribution in [0.1, 0.15) is 24.9 Å². The Labute approximate surface area is 96.4 Å². The highest BCUT2D eigenvalue weighted by atomic mass is 32.2. The topological polar surface area (TPSA) is 66.4 Å². The molecule has 5 heteroatoms. The molecular weight excluding hydrogens is 226 g/mol. The molecule has 0 spiro atoms. The minimum absolute atomic E-state index is 0.183. The van der Waals surface area contributed by atoms with Gasteiger partial charge >= 0.3 is 0 Å². The molecule has 16 heavy (non-hydrogen) atoms. The Kier molecular flexibility index (Phi) is 4.92. The quantitative estimate of drug-likeness (QED) is 0.588. The van der Waals surface area contributed by atoms with Gasteiger partial charge in [0, 0.05) is 6.04 Å². The van der Waals surface area contributed by atoms with E-state index in [1.807, 2.05) is 37.3 Å². The third kappa shape index (κ3) is 5.25. The van der Waals surface area contributed by atoms with Crippen molar-refractivity contribution in [1.29, 1.82) is 0 Å². The predicted molar refractivity (Wildman–Crippen MR) is 63.9 cm³/mol. The van der Waals surface area contributed by atoms with Crippen molar-refractivity contribution in [3.63, 3.8) is 0 Å². The molecule has 0 saturated heterocycles. The summed E-state index contributed by atoms with van der Waals surface area (Å²) in [7, 11) is -3.83. The zero-order chi connectivity index (χ0) is 12.0. The lowest BCUT2D eigenvalue weighted by Gasteiger charge is -2.13. The number of benzene rings is 1. The molecule has 0 amide bonds. The zero-order valence-corrected chi connectivity index (χ0v) is 10.1. The molecule has 0 saturated carbocycles. The number of nitrogens with one attached hydrogen (secondary N) is 1. The molecule has 0 unspecified atom stereocenters. The smallest absolute Gasteiger partial charge is 0.264 e. The molecule has 1 aromatic carbocycles. The Hall–Kier alpha value is -0.910. The predicted octanol–water partition coefficient (Wildman–Crippen LogP) is 1.62. The first-order chi connectivity index (χ1) is 7.49. The number of hydrogen-bond acceptors (Lipinski definition) is 3. The van der Waals surface area contributed by atoms with E-state index < -0.39 is 10.1 Å². The van der Waals surface area contributed by atoms with E-state index in [1.165, 1.54) is 0 Å². The van der Waals surface area contributed by atoms with Gasteiger partial charge in [0.05, 0.1) is 5.75 Å². The van der Waals surface area contributed by atoms with Crippen molar-refractivity contribution in [2.45, 2.75) is 19.4 Å². The van der Waals surface area contributed by atoms with E-state index in [0.717, 1.165) is 5.56 Å². The second kappa shape index (κ2) is 5.98. The molecule has 2 N–H and O–H groups in total. The Morgan fingerprint density at radius 1 is 1.31 bits per heavy atom. The molecule has 1 atom stereocenters. The normalized spacial score (nSPS) is 13.6. The van der Waals surface area contributed by atoms with E-state index in [4.69, 9.17) is 4.55 Å². The minimum atomic E-state index is -3.83. The van der Waals surface area contributed by atoms with Crippen LogP contribution in [0.25, 0.3) is 0 Å². The molecule has 0 aliphatic rings. The van der Waals surface area contributed by atoms with Crippen LogP contribution in [0.4, 0.5) is 0 Å². The molecular formula is C11H17NO3S. The van der Waals surface area contributed by atoms with Gasteiger partial charge in [-0.05, 0) is 25.5 Å². The first-order valence-corrected chi connectivity index (χ1v) is 6.83. The highest BCUT2D eigenvalue weighted by Gasteiger charge is 2.06. The van der Waals surface area contributed by atoms with Crippen LogP contribution in [0.2, 0.25) is 0 Å². The lowest BCUT2D eigenvalue weighted by molar-refractivity contribution is 0.477. The maximum atomic E-state index is 10.5. The third-order valence-corrected chi connectivity index (χ3v) is 3.13. The van der Waals surface area contributed by atoms with E-state index in [9.17, 15) is 8.42 Å². The average Bonchev–Trinajstić information content (AvgIpc) is 2.24. The van der Waals surface area contributed by atoms with Crippen LogP contribution in [0.15, 0.2) is 30.3 Å². The first-order valence-electron chi connectivity index (χ1n) is 5.22. The van der Waals surface area contributed by atoms with E-state index >= 15 is 0 Å². The Morgan fingerprint density at radius 2 is 1.94 bits per heavy atom. The van der Waals surface area contributed by atoms with Gasteiger partial charge in [0.25, 0.3) is 10.1 Å². The van der Waals surface area contributed by atoms with Crippen LogP contribution in [0.5, 0.6) is 0 Å². The SMILES string of the molecule is C[C@H](NCCCS(=O)(=O)O)c1ccccc1. The van der Waals surface area contributed by atoms with Crippen LogP contribution in [-0.4, -0.2) is 25.3 Å². The summed E-state index contributed by atoms with van der Waals surface area (Å²) in [6.07, 6.45) is 0.413. The molecule has 0 aliphatic heterocycles. The fraction of sp³-hybridized carbons (Fsp3) is 0.455. The van der Waals surface area contributed by atoms with E-state index in [2.05, 4.69) is 5.32 Å². The summed E-state index contributed by atoms with van der Waals surface area (Å²) in [5.74, 6) is -0.193. The summed E-state index contributed by atoms with van der Waals surface area (Å²) in [6, 6.07) is 10.1. The van der Waals surface area contributed by atoms with Gasteiger partial charge in [0.15, 0.2) is 0 Å².